The van der Waals surface area contributed by atoms with Gasteiger partial charge >= 0.3 is 0 Å². The minimum atomic E-state index is -0.286. The van der Waals surface area contributed by atoms with E-state index in [1.165, 1.54) is 12.1 Å². The topological polar surface area (TPSA) is 47.8 Å². The molecule has 2 aromatic rings. The van der Waals surface area contributed by atoms with Crippen molar-refractivity contribution in [2.45, 2.75) is 26.7 Å². The average Bonchev–Trinajstić information content (AvgIpc) is 2.98. The lowest BCUT2D eigenvalue weighted by molar-refractivity contribution is -0.140. The second-order valence-corrected chi connectivity index (χ2v) is 7.11. The van der Waals surface area contributed by atoms with Crippen molar-refractivity contribution in [1.29, 1.82) is 0 Å². The minimum Gasteiger partial charge on any atom is -0.294 e. The quantitative estimate of drug-likeness (QED) is 0.798. The van der Waals surface area contributed by atoms with Gasteiger partial charge in [0, 0.05) is 5.92 Å². The van der Waals surface area contributed by atoms with Crippen LogP contribution in [-0.2, 0) is 4.79 Å². The predicted octanol–water partition coefficient (Wildman–Crippen LogP) is 3.42. The summed E-state index contributed by atoms with van der Waals surface area (Å²) >= 11 is 0. The average molecular weight is 311 g/mol. The van der Waals surface area contributed by atoms with E-state index in [4.69, 9.17) is 0 Å². The zero-order chi connectivity index (χ0) is 16.2. The van der Waals surface area contributed by atoms with Crippen LogP contribution in [0.2, 0.25) is 0 Å². The van der Waals surface area contributed by atoms with Gasteiger partial charge in [0.05, 0.1) is 11.9 Å². The third kappa shape index (κ3) is 2.22. The van der Waals surface area contributed by atoms with Gasteiger partial charge in [-0.1, -0.05) is 19.1 Å². The molecule has 0 saturated heterocycles. The first-order chi connectivity index (χ1) is 10.9. The summed E-state index contributed by atoms with van der Waals surface area (Å²) in [5.74, 6) is 0.711. The zero-order valence-electron chi connectivity index (χ0n) is 13.2. The molecule has 5 heteroatoms. The molecule has 0 aliphatic heterocycles. The second kappa shape index (κ2) is 4.85. The molecule has 3 saturated carbocycles. The van der Waals surface area contributed by atoms with Crippen molar-refractivity contribution in [1.82, 2.24) is 15.0 Å². The van der Waals surface area contributed by atoms with Gasteiger partial charge in [0.1, 0.15) is 11.5 Å². The summed E-state index contributed by atoms with van der Waals surface area (Å²) in [7, 11) is 0. The number of carbonyl (C=O) groups excluding carboxylic acids is 1. The number of benzene rings is 1. The van der Waals surface area contributed by atoms with Gasteiger partial charge in [-0.2, -0.15) is 0 Å². The number of hydrogen-bond acceptors (Lipinski definition) is 3. The van der Waals surface area contributed by atoms with Crippen molar-refractivity contribution in [3.8, 4) is 5.69 Å². The Hall–Kier alpha value is -2.30. The molecule has 5 rings (SSSR count). The van der Waals surface area contributed by atoms with E-state index in [0.717, 1.165) is 24.1 Å². The number of aromatic nitrogens is 3. The standard InChI is InChI=1S/C18H18FN3O/c1-18(2)12-7-11(17(23)16(18)9-12)8-14-10-22(21-20-14)15-5-3-13(19)4-6-15/h3-6,8,10,12,16H,7,9H2,1-2H3/b11-8+/t12-,16-/m0/s1. The normalized spacial score (nSPS) is 27.1. The highest BCUT2D eigenvalue weighted by atomic mass is 19.1. The first kappa shape index (κ1) is 14.3. The fourth-order valence-corrected chi connectivity index (χ4v) is 3.77. The fourth-order valence-electron chi connectivity index (χ4n) is 3.77. The number of allylic oxidation sites excluding steroid dienone is 1. The first-order valence-electron chi connectivity index (χ1n) is 7.88. The highest BCUT2D eigenvalue weighted by molar-refractivity contribution is 6.03. The van der Waals surface area contributed by atoms with E-state index in [-0.39, 0.29) is 22.9 Å². The molecule has 0 unspecified atom stereocenters. The highest BCUT2D eigenvalue weighted by Gasteiger charge is 2.55. The number of halogens is 1. The summed E-state index contributed by atoms with van der Waals surface area (Å²) in [6.45, 7) is 4.37. The van der Waals surface area contributed by atoms with Crippen LogP contribution >= 0.6 is 0 Å². The number of nitrogens with zero attached hydrogens (tertiary/aromatic N) is 3. The molecule has 4 nitrogen and oxygen atoms in total. The van der Waals surface area contributed by atoms with Crippen LogP contribution in [0.5, 0.6) is 0 Å². The zero-order valence-corrected chi connectivity index (χ0v) is 13.2. The summed E-state index contributed by atoms with van der Waals surface area (Å²) in [5.41, 5.74) is 2.40. The molecular weight excluding hydrogens is 293 g/mol. The van der Waals surface area contributed by atoms with E-state index in [2.05, 4.69) is 24.2 Å². The molecule has 0 spiro atoms. The largest absolute Gasteiger partial charge is 0.294 e. The van der Waals surface area contributed by atoms with Gasteiger partial charge in [0.15, 0.2) is 5.78 Å². The Labute approximate surface area is 134 Å². The highest BCUT2D eigenvalue weighted by Crippen LogP contribution is 2.59. The number of fused-ring (bicyclic) bond motifs is 2. The Morgan fingerprint density at radius 3 is 2.70 bits per heavy atom. The lowest BCUT2D eigenvalue weighted by atomic mass is 9.47. The van der Waals surface area contributed by atoms with E-state index < -0.39 is 0 Å². The van der Waals surface area contributed by atoms with E-state index in [0.29, 0.717) is 11.6 Å². The number of Topliss-reactive ketones (excluding diaryl/α,β-unsaturated/α-hetero) is 1. The molecule has 23 heavy (non-hydrogen) atoms. The molecule has 1 aromatic heterocycles. The van der Waals surface area contributed by atoms with Crippen LogP contribution in [0.25, 0.3) is 11.8 Å². The van der Waals surface area contributed by atoms with E-state index in [9.17, 15) is 9.18 Å². The minimum absolute atomic E-state index is 0.139. The van der Waals surface area contributed by atoms with Crippen molar-refractivity contribution < 1.29 is 9.18 Å². The number of ketones is 1. The summed E-state index contributed by atoms with van der Waals surface area (Å²) < 4.78 is 14.6. The maximum absolute atomic E-state index is 13.0. The van der Waals surface area contributed by atoms with Gasteiger partial charge in [-0.15, -0.1) is 5.10 Å². The molecule has 1 aromatic carbocycles. The molecule has 3 fully saturated rings. The third-order valence-corrected chi connectivity index (χ3v) is 5.49. The van der Waals surface area contributed by atoms with Gasteiger partial charge in [-0.05, 0) is 60.1 Å². The molecule has 3 aliphatic rings. The Morgan fingerprint density at radius 1 is 1.30 bits per heavy atom. The van der Waals surface area contributed by atoms with Crippen molar-refractivity contribution in [2.75, 3.05) is 0 Å². The summed E-state index contributed by atoms with van der Waals surface area (Å²) in [6.07, 6.45) is 5.46. The first-order valence-corrected chi connectivity index (χ1v) is 7.88. The van der Waals surface area contributed by atoms with Crippen LogP contribution < -0.4 is 0 Å². The van der Waals surface area contributed by atoms with Crippen molar-refractivity contribution in [2.24, 2.45) is 17.3 Å². The summed E-state index contributed by atoms with van der Waals surface area (Å²) in [5, 5.41) is 8.16. The molecule has 2 atom stereocenters. The smallest absolute Gasteiger partial charge is 0.162 e. The van der Waals surface area contributed by atoms with E-state index in [1.807, 2.05) is 6.08 Å². The Balaban J connectivity index is 1.59. The number of hydrogen-bond donors (Lipinski definition) is 0. The number of rotatable bonds is 2. The Bertz CT molecular complexity index is 804. The van der Waals surface area contributed by atoms with Crippen molar-refractivity contribution in [3.05, 3.63) is 47.5 Å². The Kier molecular flexibility index (Phi) is 3.01. The Morgan fingerprint density at radius 2 is 2.04 bits per heavy atom. The van der Waals surface area contributed by atoms with Gasteiger partial charge in [-0.25, -0.2) is 9.07 Å². The summed E-state index contributed by atoms with van der Waals surface area (Å²) in [6, 6.07) is 6.06. The van der Waals surface area contributed by atoms with E-state index in [1.54, 1.807) is 23.0 Å². The third-order valence-electron chi connectivity index (χ3n) is 5.49. The van der Waals surface area contributed by atoms with Crippen LogP contribution in [-0.4, -0.2) is 20.8 Å². The second-order valence-electron chi connectivity index (χ2n) is 7.11. The van der Waals surface area contributed by atoms with Gasteiger partial charge in [0.2, 0.25) is 0 Å². The molecule has 0 radical (unpaired) electrons. The lowest BCUT2D eigenvalue weighted by Gasteiger charge is -2.55. The fraction of sp³-hybridized carbons (Fsp3) is 0.389. The van der Waals surface area contributed by atoms with Crippen LogP contribution in [0.4, 0.5) is 4.39 Å². The molecule has 118 valence electrons. The van der Waals surface area contributed by atoms with Crippen molar-refractivity contribution >= 4 is 11.9 Å². The van der Waals surface area contributed by atoms with Crippen LogP contribution in [0.1, 0.15) is 32.4 Å². The molecule has 0 N–H and O–H groups in total. The van der Waals surface area contributed by atoms with Crippen LogP contribution in [0.3, 0.4) is 0 Å². The number of carbonyl (C=O) groups is 1. The monoisotopic (exact) mass is 311 g/mol. The lowest BCUT2D eigenvalue weighted by Crippen LogP contribution is -2.53. The summed E-state index contributed by atoms with van der Waals surface area (Å²) in [4.78, 5) is 12.5. The molecule has 1 heterocycles. The molecule has 2 bridgehead atoms. The SMILES string of the molecule is CC1(C)[C@H]2C/C(=C\c3cn(-c4ccc(F)cc4)nn3)C(=O)[C@@H]1C2. The predicted molar refractivity (Wildman–Crippen MR) is 84.3 cm³/mol. The van der Waals surface area contributed by atoms with Gasteiger partial charge in [-0.3, -0.25) is 4.79 Å². The van der Waals surface area contributed by atoms with E-state index >= 15 is 0 Å². The van der Waals surface area contributed by atoms with Crippen molar-refractivity contribution in [3.63, 3.8) is 0 Å². The molecular formula is C18H18FN3O. The molecule has 3 aliphatic carbocycles. The maximum Gasteiger partial charge on any atom is 0.162 e. The molecule has 0 amide bonds. The van der Waals surface area contributed by atoms with Gasteiger partial charge < -0.3 is 0 Å². The maximum atomic E-state index is 13.0. The van der Waals surface area contributed by atoms with Gasteiger partial charge in [0.25, 0.3) is 0 Å². The van der Waals surface area contributed by atoms with Crippen LogP contribution in [0.15, 0.2) is 36.0 Å². The van der Waals surface area contributed by atoms with Crippen LogP contribution in [0, 0.1) is 23.1 Å².